The van der Waals surface area contributed by atoms with E-state index in [1.807, 2.05) is 30.3 Å². The molecule has 8 heteroatoms. The number of hydrogen-bond acceptors (Lipinski definition) is 4. The molecular formula is C17H14FN3O4. The molecule has 2 aromatic carbocycles. The van der Waals surface area contributed by atoms with Gasteiger partial charge in [0.15, 0.2) is 0 Å². The van der Waals surface area contributed by atoms with Crippen LogP contribution in [0.4, 0.5) is 14.9 Å². The van der Waals surface area contributed by atoms with Gasteiger partial charge in [-0.05, 0) is 11.6 Å². The van der Waals surface area contributed by atoms with E-state index in [4.69, 9.17) is 0 Å². The number of amides is 3. The standard InChI is InChI=1S/C17H14FN3O4/c18-13-7-4-8-15(21(24)25)12(13)10-20-16(22)14(19-17(20)23)9-11-5-2-1-3-6-11/h1-8,14H,9-10H2,(H,19,23)/t14-/m0/s1. The Morgan fingerprint density at radius 2 is 1.84 bits per heavy atom. The molecule has 1 aliphatic heterocycles. The SMILES string of the molecule is O=C1N[C@@H](Cc2ccccc2)C(=O)N1Cc1c(F)cccc1[N+](=O)[O-]. The molecule has 1 N–H and O–H groups in total. The first-order valence-corrected chi connectivity index (χ1v) is 7.55. The summed E-state index contributed by atoms with van der Waals surface area (Å²) < 4.78 is 14.0. The van der Waals surface area contributed by atoms with Crippen LogP contribution < -0.4 is 5.32 Å². The average Bonchev–Trinajstić information content (AvgIpc) is 2.84. The Hall–Kier alpha value is -3.29. The third-order valence-corrected chi connectivity index (χ3v) is 4.00. The molecule has 0 bridgehead atoms. The number of nitro groups is 1. The van der Waals surface area contributed by atoms with Crippen LogP contribution in [-0.2, 0) is 17.8 Å². The topological polar surface area (TPSA) is 92.6 Å². The fraction of sp³-hybridized carbons (Fsp3) is 0.176. The maximum atomic E-state index is 14.0. The van der Waals surface area contributed by atoms with E-state index in [0.29, 0.717) is 6.42 Å². The van der Waals surface area contributed by atoms with Gasteiger partial charge in [0.1, 0.15) is 11.9 Å². The Morgan fingerprint density at radius 1 is 1.12 bits per heavy atom. The lowest BCUT2D eigenvalue weighted by atomic mass is 10.1. The minimum atomic E-state index is -0.832. The first kappa shape index (κ1) is 16.6. The molecule has 128 valence electrons. The van der Waals surface area contributed by atoms with Gasteiger partial charge >= 0.3 is 6.03 Å². The highest BCUT2D eigenvalue weighted by atomic mass is 19.1. The summed E-state index contributed by atoms with van der Waals surface area (Å²) in [5.74, 6) is -1.37. The largest absolute Gasteiger partial charge is 0.325 e. The summed E-state index contributed by atoms with van der Waals surface area (Å²) in [6, 6.07) is 11.1. The van der Waals surface area contributed by atoms with E-state index in [9.17, 15) is 24.1 Å². The van der Waals surface area contributed by atoms with Gasteiger partial charge in [-0.3, -0.25) is 19.8 Å². The number of nitrogens with zero attached hydrogens (tertiary/aromatic N) is 2. The fourth-order valence-corrected chi connectivity index (χ4v) is 2.75. The van der Waals surface area contributed by atoms with E-state index in [2.05, 4.69) is 5.32 Å². The van der Waals surface area contributed by atoms with Gasteiger partial charge in [0.25, 0.3) is 11.6 Å². The highest BCUT2D eigenvalue weighted by Crippen LogP contribution is 2.25. The number of carbonyl (C=O) groups is 2. The van der Waals surface area contributed by atoms with E-state index in [-0.39, 0.29) is 5.56 Å². The van der Waals surface area contributed by atoms with Crippen LogP contribution in [0.15, 0.2) is 48.5 Å². The lowest BCUT2D eigenvalue weighted by Gasteiger charge is -2.14. The first-order valence-electron chi connectivity index (χ1n) is 7.55. The van der Waals surface area contributed by atoms with Crippen molar-refractivity contribution in [3.8, 4) is 0 Å². The molecule has 0 unspecified atom stereocenters. The summed E-state index contributed by atoms with van der Waals surface area (Å²) in [4.78, 5) is 35.7. The van der Waals surface area contributed by atoms with Crippen molar-refractivity contribution < 1.29 is 18.9 Å². The lowest BCUT2D eigenvalue weighted by Crippen LogP contribution is -2.32. The van der Waals surface area contributed by atoms with Crippen LogP contribution in [0.25, 0.3) is 0 Å². The number of imide groups is 1. The third-order valence-electron chi connectivity index (χ3n) is 4.00. The van der Waals surface area contributed by atoms with Crippen LogP contribution in [-0.4, -0.2) is 27.8 Å². The monoisotopic (exact) mass is 343 g/mol. The number of carbonyl (C=O) groups excluding carboxylic acids is 2. The molecule has 0 saturated carbocycles. The number of nitro benzene ring substituents is 1. The summed E-state index contributed by atoms with van der Waals surface area (Å²) >= 11 is 0. The quantitative estimate of drug-likeness (QED) is 0.512. The molecule has 1 heterocycles. The average molecular weight is 343 g/mol. The van der Waals surface area contributed by atoms with Crippen molar-refractivity contribution in [1.82, 2.24) is 10.2 Å². The minimum absolute atomic E-state index is 0.293. The van der Waals surface area contributed by atoms with Crippen molar-refractivity contribution in [3.63, 3.8) is 0 Å². The van der Waals surface area contributed by atoms with E-state index in [1.165, 1.54) is 6.07 Å². The van der Waals surface area contributed by atoms with E-state index >= 15 is 0 Å². The van der Waals surface area contributed by atoms with Gasteiger partial charge in [-0.15, -0.1) is 0 Å². The Labute approximate surface area is 142 Å². The van der Waals surface area contributed by atoms with E-state index in [1.54, 1.807) is 0 Å². The van der Waals surface area contributed by atoms with Crippen molar-refractivity contribution in [3.05, 3.63) is 75.6 Å². The van der Waals surface area contributed by atoms with Crippen LogP contribution >= 0.6 is 0 Å². The normalized spacial score (nSPS) is 16.8. The maximum Gasteiger partial charge on any atom is 0.325 e. The molecule has 1 aliphatic rings. The van der Waals surface area contributed by atoms with Gasteiger partial charge in [-0.25, -0.2) is 9.18 Å². The molecule has 0 aliphatic carbocycles. The van der Waals surface area contributed by atoms with Crippen LogP contribution in [0.2, 0.25) is 0 Å². The molecule has 0 aromatic heterocycles. The molecule has 0 spiro atoms. The number of hydrogen-bond donors (Lipinski definition) is 1. The predicted octanol–water partition coefficient (Wildman–Crippen LogP) is 2.40. The molecular weight excluding hydrogens is 329 g/mol. The Bertz CT molecular complexity index is 841. The van der Waals surface area contributed by atoms with Gasteiger partial charge in [0.2, 0.25) is 0 Å². The lowest BCUT2D eigenvalue weighted by molar-refractivity contribution is -0.385. The second-order valence-electron chi connectivity index (χ2n) is 5.61. The van der Waals surface area contributed by atoms with Crippen molar-refractivity contribution in [2.75, 3.05) is 0 Å². The van der Waals surface area contributed by atoms with Gasteiger partial charge in [0, 0.05) is 12.5 Å². The Morgan fingerprint density at radius 3 is 2.52 bits per heavy atom. The van der Waals surface area contributed by atoms with E-state index < -0.39 is 41.0 Å². The van der Waals surface area contributed by atoms with Crippen LogP contribution in [0.1, 0.15) is 11.1 Å². The van der Waals surface area contributed by atoms with Crippen molar-refractivity contribution in [2.45, 2.75) is 19.0 Å². The summed E-state index contributed by atoms with van der Waals surface area (Å²) in [5, 5.41) is 13.6. The molecule has 1 fully saturated rings. The van der Waals surface area contributed by atoms with Gasteiger partial charge in [-0.1, -0.05) is 36.4 Å². The number of halogens is 1. The minimum Gasteiger partial charge on any atom is -0.325 e. The van der Waals surface area contributed by atoms with Crippen molar-refractivity contribution in [1.29, 1.82) is 0 Å². The molecule has 0 radical (unpaired) electrons. The molecule has 7 nitrogen and oxygen atoms in total. The maximum absolute atomic E-state index is 14.0. The van der Waals surface area contributed by atoms with Crippen LogP contribution in [0, 0.1) is 15.9 Å². The zero-order valence-corrected chi connectivity index (χ0v) is 13.0. The molecule has 3 amide bonds. The van der Waals surface area contributed by atoms with Crippen molar-refractivity contribution >= 4 is 17.6 Å². The van der Waals surface area contributed by atoms with Crippen molar-refractivity contribution in [2.24, 2.45) is 0 Å². The second kappa shape index (κ2) is 6.68. The number of urea groups is 1. The predicted molar refractivity (Wildman–Crippen MR) is 86.1 cm³/mol. The molecule has 3 rings (SSSR count). The number of benzene rings is 2. The van der Waals surface area contributed by atoms with Gasteiger partial charge < -0.3 is 5.32 Å². The van der Waals surface area contributed by atoms with Gasteiger partial charge in [0.05, 0.1) is 17.0 Å². The zero-order chi connectivity index (χ0) is 18.0. The van der Waals surface area contributed by atoms with E-state index in [0.717, 1.165) is 22.6 Å². The third kappa shape index (κ3) is 3.32. The summed E-state index contributed by atoms with van der Waals surface area (Å²) in [6.07, 6.45) is 0.293. The van der Waals surface area contributed by atoms with Crippen LogP contribution in [0.5, 0.6) is 0 Å². The highest BCUT2D eigenvalue weighted by Gasteiger charge is 2.39. The summed E-state index contributed by atoms with van der Waals surface area (Å²) in [7, 11) is 0. The fourth-order valence-electron chi connectivity index (χ4n) is 2.75. The van der Waals surface area contributed by atoms with Crippen LogP contribution in [0.3, 0.4) is 0 Å². The number of nitrogens with one attached hydrogen (secondary N) is 1. The summed E-state index contributed by atoms with van der Waals surface area (Å²) in [5.41, 5.74) is 0.100. The second-order valence-corrected chi connectivity index (χ2v) is 5.61. The smallest absolute Gasteiger partial charge is 0.325 e. The molecule has 25 heavy (non-hydrogen) atoms. The Balaban J connectivity index is 1.81. The highest BCUT2D eigenvalue weighted by molar-refractivity contribution is 6.04. The van der Waals surface area contributed by atoms with Gasteiger partial charge in [-0.2, -0.15) is 0 Å². The molecule has 2 aromatic rings. The first-order chi connectivity index (χ1) is 12.0. The molecule has 1 saturated heterocycles. The zero-order valence-electron chi connectivity index (χ0n) is 13.0. The molecule has 1 atom stereocenters. The Kier molecular flexibility index (Phi) is 4.42. The number of rotatable bonds is 5. The summed E-state index contributed by atoms with van der Waals surface area (Å²) in [6.45, 7) is -0.487.